The van der Waals surface area contributed by atoms with E-state index in [4.69, 9.17) is 9.47 Å². The van der Waals surface area contributed by atoms with Gasteiger partial charge in [-0.2, -0.15) is 0 Å². The average molecular weight is 445 g/mol. The van der Waals surface area contributed by atoms with E-state index >= 15 is 0 Å². The summed E-state index contributed by atoms with van der Waals surface area (Å²) in [5, 5.41) is 15.0. The molecule has 0 saturated heterocycles. The number of hydrogen-bond acceptors (Lipinski definition) is 3. The van der Waals surface area contributed by atoms with E-state index in [1.54, 1.807) is 14.2 Å². The van der Waals surface area contributed by atoms with E-state index in [1.165, 1.54) is 0 Å². The number of methoxy groups -OCH3 is 2. The standard InChI is InChI=1S/C31H24O3/c1-33-27-16-17-28(34-2)30-29(27)24-18-21-12-6-7-13-22(21)19-26(24)31(30,32)25-15-9-8-14-23(25)20-10-4-3-5-11-20/h3-19,32H,1-2H3. The van der Waals surface area contributed by atoms with Gasteiger partial charge in [-0.05, 0) is 51.7 Å². The Kier molecular flexibility index (Phi) is 4.68. The fourth-order valence-corrected chi connectivity index (χ4v) is 5.36. The van der Waals surface area contributed by atoms with Gasteiger partial charge in [-0.15, -0.1) is 0 Å². The number of ether oxygens (including phenoxy) is 2. The molecule has 1 N–H and O–H groups in total. The highest BCUT2D eigenvalue weighted by Crippen LogP contribution is 2.59. The molecule has 5 aromatic carbocycles. The lowest BCUT2D eigenvalue weighted by molar-refractivity contribution is 0.128. The highest BCUT2D eigenvalue weighted by atomic mass is 16.5. The van der Waals surface area contributed by atoms with Gasteiger partial charge in [0.25, 0.3) is 0 Å². The van der Waals surface area contributed by atoms with E-state index in [9.17, 15) is 5.11 Å². The van der Waals surface area contributed by atoms with Crippen LogP contribution >= 0.6 is 0 Å². The third kappa shape index (κ3) is 2.81. The Bertz CT molecular complexity index is 1540. The van der Waals surface area contributed by atoms with E-state index in [0.717, 1.165) is 44.2 Å². The highest BCUT2D eigenvalue weighted by Gasteiger charge is 2.48. The second-order valence-electron chi connectivity index (χ2n) is 8.59. The molecule has 0 heterocycles. The Labute approximate surface area is 198 Å². The molecular formula is C31H24O3. The second-order valence-corrected chi connectivity index (χ2v) is 8.59. The van der Waals surface area contributed by atoms with Crippen LogP contribution in [-0.4, -0.2) is 19.3 Å². The Morgan fingerprint density at radius 3 is 1.94 bits per heavy atom. The molecule has 0 aromatic heterocycles. The van der Waals surface area contributed by atoms with Crippen LogP contribution in [0.5, 0.6) is 11.5 Å². The van der Waals surface area contributed by atoms with Gasteiger partial charge in [-0.25, -0.2) is 0 Å². The molecule has 166 valence electrons. The molecule has 0 bridgehead atoms. The third-order valence-corrected chi connectivity index (χ3v) is 6.88. The minimum absolute atomic E-state index is 0.626. The van der Waals surface area contributed by atoms with Crippen molar-refractivity contribution in [3.05, 3.63) is 120 Å². The first-order valence-corrected chi connectivity index (χ1v) is 11.3. The zero-order valence-corrected chi connectivity index (χ0v) is 19.1. The van der Waals surface area contributed by atoms with Crippen LogP contribution in [-0.2, 0) is 5.60 Å². The molecule has 0 radical (unpaired) electrons. The van der Waals surface area contributed by atoms with Crippen LogP contribution < -0.4 is 9.47 Å². The van der Waals surface area contributed by atoms with Gasteiger partial charge in [0.05, 0.1) is 14.2 Å². The van der Waals surface area contributed by atoms with Crippen LogP contribution in [0.3, 0.4) is 0 Å². The summed E-state index contributed by atoms with van der Waals surface area (Å²) >= 11 is 0. The molecule has 1 aliphatic carbocycles. The summed E-state index contributed by atoms with van der Waals surface area (Å²) in [5.41, 5.74) is 4.76. The topological polar surface area (TPSA) is 38.7 Å². The quantitative estimate of drug-likeness (QED) is 0.332. The molecule has 3 nitrogen and oxygen atoms in total. The number of hydrogen-bond donors (Lipinski definition) is 1. The summed E-state index contributed by atoms with van der Waals surface area (Å²) in [5.74, 6) is 1.34. The number of benzene rings is 5. The largest absolute Gasteiger partial charge is 0.496 e. The lowest BCUT2D eigenvalue weighted by Gasteiger charge is -2.30. The van der Waals surface area contributed by atoms with Crippen molar-refractivity contribution in [2.75, 3.05) is 14.2 Å². The molecular weight excluding hydrogens is 420 g/mol. The summed E-state index contributed by atoms with van der Waals surface area (Å²) in [6.07, 6.45) is 0. The fourth-order valence-electron chi connectivity index (χ4n) is 5.36. The first-order valence-electron chi connectivity index (χ1n) is 11.3. The maximum Gasteiger partial charge on any atom is 0.146 e. The molecule has 0 fully saturated rings. The van der Waals surface area contributed by atoms with Gasteiger partial charge in [0, 0.05) is 22.3 Å². The van der Waals surface area contributed by atoms with E-state index in [-0.39, 0.29) is 0 Å². The number of fused-ring (bicyclic) bond motifs is 4. The summed E-state index contributed by atoms with van der Waals surface area (Å²) < 4.78 is 11.6. The molecule has 34 heavy (non-hydrogen) atoms. The Morgan fingerprint density at radius 2 is 1.21 bits per heavy atom. The maximum atomic E-state index is 12.9. The minimum Gasteiger partial charge on any atom is -0.496 e. The molecule has 0 saturated carbocycles. The van der Waals surface area contributed by atoms with E-state index < -0.39 is 5.60 Å². The van der Waals surface area contributed by atoms with Gasteiger partial charge in [0.2, 0.25) is 0 Å². The Morgan fingerprint density at radius 1 is 0.588 bits per heavy atom. The van der Waals surface area contributed by atoms with E-state index in [0.29, 0.717) is 17.1 Å². The molecule has 5 aromatic rings. The molecule has 1 unspecified atom stereocenters. The third-order valence-electron chi connectivity index (χ3n) is 6.88. The first kappa shape index (κ1) is 20.5. The number of rotatable bonds is 4. The molecule has 1 aliphatic rings. The summed E-state index contributed by atoms with van der Waals surface area (Å²) in [7, 11) is 3.31. The van der Waals surface area contributed by atoms with Crippen LogP contribution in [0.2, 0.25) is 0 Å². The molecule has 3 heteroatoms. The Balaban J connectivity index is 1.77. The van der Waals surface area contributed by atoms with Crippen LogP contribution in [0.4, 0.5) is 0 Å². The normalized spacial score (nSPS) is 16.2. The lowest BCUT2D eigenvalue weighted by atomic mass is 9.79. The van der Waals surface area contributed by atoms with Gasteiger partial charge >= 0.3 is 0 Å². The van der Waals surface area contributed by atoms with Crippen LogP contribution in [0.1, 0.15) is 16.7 Å². The zero-order chi connectivity index (χ0) is 23.3. The molecule has 6 rings (SSSR count). The lowest BCUT2D eigenvalue weighted by Crippen LogP contribution is -2.27. The predicted octanol–water partition coefficient (Wildman–Crippen LogP) is 6.79. The maximum absolute atomic E-state index is 12.9. The van der Waals surface area contributed by atoms with Gasteiger partial charge < -0.3 is 14.6 Å². The second kappa shape index (κ2) is 7.75. The van der Waals surface area contributed by atoms with Crippen LogP contribution in [0, 0.1) is 0 Å². The fraction of sp³-hybridized carbons (Fsp3) is 0.0968. The van der Waals surface area contributed by atoms with Crippen LogP contribution in [0.15, 0.2) is 103 Å². The van der Waals surface area contributed by atoms with Gasteiger partial charge in [-0.1, -0.05) is 78.9 Å². The summed E-state index contributed by atoms with van der Waals surface area (Å²) in [6.45, 7) is 0. The molecule has 0 aliphatic heterocycles. The SMILES string of the molecule is COc1ccc(OC)c2c1-c1cc3ccccc3cc1C2(O)c1ccccc1-c1ccccc1. The molecule has 1 atom stereocenters. The van der Waals surface area contributed by atoms with Crippen LogP contribution in [0.25, 0.3) is 33.0 Å². The Hall–Kier alpha value is -4.08. The van der Waals surface area contributed by atoms with Crippen molar-refractivity contribution < 1.29 is 14.6 Å². The number of aliphatic hydroxyl groups is 1. The molecule has 0 spiro atoms. The summed E-state index contributed by atoms with van der Waals surface area (Å²) in [4.78, 5) is 0. The van der Waals surface area contributed by atoms with Crippen molar-refractivity contribution in [3.8, 4) is 33.8 Å². The van der Waals surface area contributed by atoms with Crippen molar-refractivity contribution in [2.24, 2.45) is 0 Å². The monoisotopic (exact) mass is 444 g/mol. The predicted molar refractivity (Wildman–Crippen MR) is 136 cm³/mol. The molecule has 0 amide bonds. The van der Waals surface area contributed by atoms with Crippen molar-refractivity contribution >= 4 is 10.8 Å². The van der Waals surface area contributed by atoms with E-state index in [1.807, 2.05) is 60.7 Å². The average Bonchev–Trinajstić information content (AvgIpc) is 3.16. The van der Waals surface area contributed by atoms with Crippen molar-refractivity contribution in [2.45, 2.75) is 5.60 Å². The smallest absolute Gasteiger partial charge is 0.146 e. The van der Waals surface area contributed by atoms with Crippen molar-refractivity contribution in [1.82, 2.24) is 0 Å². The first-order chi connectivity index (χ1) is 16.7. The minimum atomic E-state index is -1.43. The summed E-state index contributed by atoms with van der Waals surface area (Å²) in [6, 6.07) is 34.5. The van der Waals surface area contributed by atoms with Gasteiger partial charge in [0.15, 0.2) is 0 Å². The van der Waals surface area contributed by atoms with Gasteiger partial charge in [0.1, 0.15) is 17.1 Å². The van der Waals surface area contributed by atoms with Crippen molar-refractivity contribution in [3.63, 3.8) is 0 Å². The highest BCUT2D eigenvalue weighted by molar-refractivity contribution is 5.97. The zero-order valence-electron chi connectivity index (χ0n) is 19.1. The van der Waals surface area contributed by atoms with E-state index in [2.05, 4.69) is 42.5 Å². The van der Waals surface area contributed by atoms with Gasteiger partial charge in [-0.3, -0.25) is 0 Å². The van der Waals surface area contributed by atoms with Crippen molar-refractivity contribution in [1.29, 1.82) is 0 Å².